The van der Waals surface area contributed by atoms with Crippen LogP contribution in [0, 0.1) is 19.7 Å². The molecule has 0 spiro atoms. The zero-order chi connectivity index (χ0) is 17.6. The fourth-order valence-corrected chi connectivity index (χ4v) is 2.89. The summed E-state index contributed by atoms with van der Waals surface area (Å²) < 4.78 is 13.3. The lowest BCUT2D eigenvalue weighted by Crippen LogP contribution is -2.31. The Labute approximate surface area is 142 Å². The van der Waals surface area contributed by atoms with Crippen LogP contribution in [0.5, 0.6) is 0 Å². The number of aliphatic hydroxyl groups is 1. The second kappa shape index (κ2) is 5.76. The van der Waals surface area contributed by atoms with E-state index in [0.29, 0.717) is 5.56 Å². The maximum Gasteiger partial charge on any atom is 0.301 e. The third kappa shape index (κ3) is 2.47. The van der Waals surface area contributed by atoms with Gasteiger partial charge in [0, 0.05) is 0 Å². The quantitative estimate of drug-likeness (QED) is 0.839. The monoisotopic (exact) mass is 345 g/mol. The van der Waals surface area contributed by atoms with Crippen LogP contribution in [0.2, 0.25) is 5.02 Å². The highest BCUT2D eigenvalue weighted by Gasteiger charge is 2.40. The SMILES string of the molecule is Cc1ccc(C2=C(O)C(=O)N(c3ccc(F)c(Cl)c3)C2=O)c(C)c1. The van der Waals surface area contributed by atoms with Crippen molar-refractivity contribution in [3.63, 3.8) is 0 Å². The number of aliphatic hydroxyl groups excluding tert-OH is 1. The van der Waals surface area contributed by atoms with E-state index in [0.717, 1.165) is 22.1 Å². The molecule has 2 amide bonds. The van der Waals surface area contributed by atoms with E-state index >= 15 is 0 Å². The van der Waals surface area contributed by atoms with Gasteiger partial charge in [0.2, 0.25) is 0 Å². The van der Waals surface area contributed by atoms with Gasteiger partial charge in [0.15, 0.2) is 5.76 Å². The lowest BCUT2D eigenvalue weighted by Gasteiger charge is -2.15. The predicted molar refractivity (Wildman–Crippen MR) is 89.4 cm³/mol. The Morgan fingerprint density at radius 1 is 1.04 bits per heavy atom. The van der Waals surface area contributed by atoms with E-state index in [9.17, 15) is 19.1 Å². The summed E-state index contributed by atoms with van der Waals surface area (Å²) in [5, 5.41) is 9.98. The highest BCUT2D eigenvalue weighted by atomic mass is 35.5. The normalized spacial score (nSPS) is 14.8. The maximum atomic E-state index is 13.3. The number of nitrogens with zero attached hydrogens (tertiary/aromatic N) is 1. The smallest absolute Gasteiger partial charge is 0.301 e. The third-order valence-electron chi connectivity index (χ3n) is 3.87. The fourth-order valence-electron chi connectivity index (χ4n) is 2.71. The first-order chi connectivity index (χ1) is 11.3. The molecule has 24 heavy (non-hydrogen) atoms. The Hall–Kier alpha value is -2.66. The summed E-state index contributed by atoms with van der Waals surface area (Å²) in [6.07, 6.45) is 0. The molecule has 0 saturated carbocycles. The molecular weight excluding hydrogens is 333 g/mol. The van der Waals surface area contributed by atoms with Crippen LogP contribution in [0.25, 0.3) is 5.57 Å². The van der Waals surface area contributed by atoms with Crippen LogP contribution in [0.1, 0.15) is 16.7 Å². The van der Waals surface area contributed by atoms with Gasteiger partial charge in [-0.25, -0.2) is 9.29 Å². The van der Waals surface area contributed by atoms with Crippen molar-refractivity contribution in [2.45, 2.75) is 13.8 Å². The summed E-state index contributed by atoms with van der Waals surface area (Å²) in [4.78, 5) is 25.8. The Bertz CT molecular complexity index is 920. The van der Waals surface area contributed by atoms with E-state index in [1.165, 1.54) is 12.1 Å². The number of rotatable bonds is 2. The molecule has 1 aliphatic heterocycles. The second-order valence-electron chi connectivity index (χ2n) is 5.59. The molecule has 1 aliphatic rings. The molecule has 0 radical (unpaired) electrons. The number of carbonyl (C=O) groups is 2. The number of halogens is 2. The van der Waals surface area contributed by atoms with E-state index in [1.807, 2.05) is 13.0 Å². The number of hydrogen-bond acceptors (Lipinski definition) is 3. The molecular formula is C18H13ClFNO3. The zero-order valence-electron chi connectivity index (χ0n) is 12.9. The van der Waals surface area contributed by atoms with Crippen molar-refractivity contribution >= 4 is 34.7 Å². The van der Waals surface area contributed by atoms with Gasteiger partial charge in [0.25, 0.3) is 5.91 Å². The lowest BCUT2D eigenvalue weighted by atomic mass is 9.98. The molecule has 3 rings (SSSR count). The fraction of sp³-hybridized carbons (Fsp3) is 0.111. The van der Waals surface area contributed by atoms with E-state index in [1.54, 1.807) is 19.1 Å². The van der Waals surface area contributed by atoms with E-state index in [-0.39, 0.29) is 16.3 Å². The van der Waals surface area contributed by atoms with Crippen molar-refractivity contribution < 1.29 is 19.1 Å². The average molecular weight is 346 g/mol. The Morgan fingerprint density at radius 3 is 2.38 bits per heavy atom. The predicted octanol–water partition coefficient (Wildman–Crippen LogP) is 3.94. The van der Waals surface area contributed by atoms with Gasteiger partial charge < -0.3 is 5.11 Å². The first-order valence-electron chi connectivity index (χ1n) is 7.16. The van der Waals surface area contributed by atoms with E-state index < -0.39 is 23.4 Å². The van der Waals surface area contributed by atoms with Crippen LogP contribution in [0.3, 0.4) is 0 Å². The molecule has 0 saturated heterocycles. The number of aryl methyl sites for hydroxylation is 2. The zero-order valence-corrected chi connectivity index (χ0v) is 13.7. The molecule has 0 fully saturated rings. The minimum Gasteiger partial charge on any atom is -0.502 e. The summed E-state index contributed by atoms with van der Waals surface area (Å²) in [5.41, 5.74) is 2.26. The van der Waals surface area contributed by atoms with Gasteiger partial charge >= 0.3 is 5.91 Å². The average Bonchev–Trinajstić information content (AvgIpc) is 2.73. The molecule has 2 aromatic carbocycles. The third-order valence-corrected chi connectivity index (χ3v) is 4.16. The topological polar surface area (TPSA) is 57.6 Å². The van der Waals surface area contributed by atoms with Crippen LogP contribution < -0.4 is 4.90 Å². The molecule has 122 valence electrons. The van der Waals surface area contributed by atoms with Crippen molar-refractivity contribution in [2.75, 3.05) is 4.90 Å². The lowest BCUT2D eigenvalue weighted by molar-refractivity contribution is -0.121. The van der Waals surface area contributed by atoms with Crippen molar-refractivity contribution in [1.29, 1.82) is 0 Å². The van der Waals surface area contributed by atoms with Crippen LogP contribution >= 0.6 is 11.6 Å². The minimum atomic E-state index is -0.863. The number of carbonyl (C=O) groups excluding carboxylic acids is 2. The van der Waals surface area contributed by atoms with Crippen molar-refractivity contribution in [3.8, 4) is 0 Å². The van der Waals surface area contributed by atoms with Gasteiger partial charge in [0.1, 0.15) is 5.82 Å². The number of anilines is 1. The van der Waals surface area contributed by atoms with Gasteiger partial charge in [0.05, 0.1) is 16.3 Å². The molecule has 0 bridgehead atoms. The second-order valence-corrected chi connectivity index (χ2v) is 5.99. The van der Waals surface area contributed by atoms with Crippen LogP contribution in [-0.2, 0) is 9.59 Å². The molecule has 0 unspecified atom stereocenters. The first-order valence-corrected chi connectivity index (χ1v) is 7.53. The molecule has 6 heteroatoms. The summed E-state index contributed by atoms with van der Waals surface area (Å²) in [6.45, 7) is 3.69. The van der Waals surface area contributed by atoms with Crippen LogP contribution in [0.4, 0.5) is 10.1 Å². The van der Waals surface area contributed by atoms with Crippen LogP contribution in [0.15, 0.2) is 42.2 Å². The highest BCUT2D eigenvalue weighted by Crippen LogP contribution is 2.34. The van der Waals surface area contributed by atoms with Gasteiger partial charge in [-0.1, -0.05) is 35.4 Å². The minimum absolute atomic E-state index is 0.0713. The molecule has 0 atom stereocenters. The van der Waals surface area contributed by atoms with Gasteiger partial charge in [-0.2, -0.15) is 0 Å². The standard InChI is InChI=1S/C18H13ClFNO3/c1-9-3-5-12(10(2)7-9)15-16(22)18(24)21(17(15)23)11-4-6-14(20)13(19)8-11/h3-8,22H,1-2H3. The Morgan fingerprint density at radius 2 is 1.75 bits per heavy atom. The Kier molecular flexibility index (Phi) is 3.89. The summed E-state index contributed by atoms with van der Waals surface area (Å²) >= 11 is 5.72. The molecule has 2 aromatic rings. The van der Waals surface area contributed by atoms with Gasteiger partial charge in [-0.15, -0.1) is 0 Å². The van der Waals surface area contributed by atoms with Gasteiger partial charge in [-0.3, -0.25) is 9.59 Å². The van der Waals surface area contributed by atoms with Crippen molar-refractivity contribution in [1.82, 2.24) is 0 Å². The highest BCUT2D eigenvalue weighted by molar-refractivity contribution is 6.45. The molecule has 1 heterocycles. The molecule has 0 aromatic heterocycles. The number of hydrogen-bond donors (Lipinski definition) is 1. The maximum absolute atomic E-state index is 13.3. The van der Waals surface area contributed by atoms with Crippen molar-refractivity contribution in [2.24, 2.45) is 0 Å². The molecule has 4 nitrogen and oxygen atoms in total. The van der Waals surface area contributed by atoms with Gasteiger partial charge in [-0.05, 0) is 43.2 Å². The molecule has 1 N–H and O–H groups in total. The molecule has 0 aliphatic carbocycles. The summed E-state index contributed by atoms with van der Waals surface area (Å²) in [6, 6.07) is 8.82. The summed E-state index contributed by atoms with van der Waals surface area (Å²) in [5.74, 6) is -2.83. The number of benzene rings is 2. The van der Waals surface area contributed by atoms with E-state index in [4.69, 9.17) is 11.6 Å². The number of imide groups is 1. The first kappa shape index (κ1) is 16.2. The van der Waals surface area contributed by atoms with Crippen LogP contribution in [-0.4, -0.2) is 16.9 Å². The summed E-state index contributed by atoms with van der Waals surface area (Å²) in [7, 11) is 0. The van der Waals surface area contributed by atoms with Crippen molar-refractivity contribution in [3.05, 3.63) is 69.7 Å². The largest absolute Gasteiger partial charge is 0.502 e. The number of amides is 2. The Balaban J connectivity index is 2.09. The van der Waals surface area contributed by atoms with E-state index in [2.05, 4.69) is 0 Å².